The van der Waals surface area contributed by atoms with E-state index in [-0.39, 0.29) is 5.41 Å². The predicted molar refractivity (Wildman–Crippen MR) is 98.1 cm³/mol. The molecule has 0 radical (unpaired) electrons. The number of pyridine rings is 2. The molecule has 0 unspecified atom stereocenters. The summed E-state index contributed by atoms with van der Waals surface area (Å²) < 4.78 is 0. The van der Waals surface area contributed by atoms with Gasteiger partial charge in [0.15, 0.2) is 0 Å². The van der Waals surface area contributed by atoms with Crippen LogP contribution in [0.1, 0.15) is 6.42 Å². The Bertz CT molecular complexity index is 925. The van der Waals surface area contributed by atoms with Gasteiger partial charge in [0, 0.05) is 61.6 Å². The standard InChI is InChI=1S/C18H17ClN6/c19-15-9-14-13(3-1-5-20-14)16(23-15)25-11-18(12-25)4-8-24(10-18)17-21-6-2-7-22-17/h1-3,5-7,9H,4,8,10-12H2. The van der Waals surface area contributed by atoms with E-state index in [1.807, 2.05) is 18.2 Å². The number of rotatable bonds is 2. The molecule has 0 atom stereocenters. The molecule has 0 N–H and O–H groups in total. The van der Waals surface area contributed by atoms with E-state index in [1.165, 1.54) is 0 Å². The van der Waals surface area contributed by atoms with Crippen LogP contribution in [0.15, 0.2) is 42.9 Å². The van der Waals surface area contributed by atoms with Gasteiger partial charge >= 0.3 is 0 Å². The first kappa shape index (κ1) is 14.8. The molecule has 7 heteroatoms. The molecule has 3 aromatic heterocycles. The zero-order chi connectivity index (χ0) is 16.9. The van der Waals surface area contributed by atoms with Gasteiger partial charge in [0.05, 0.1) is 5.52 Å². The number of aromatic nitrogens is 4. The fourth-order valence-corrected chi connectivity index (χ4v) is 4.18. The van der Waals surface area contributed by atoms with Crippen molar-refractivity contribution in [3.8, 4) is 0 Å². The van der Waals surface area contributed by atoms with Crippen molar-refractivity contribution >= 4 is 34.3 Å². The van der Waals surface area contributed by atoms with Crippen LogP contribution in [0.4, 0.5) is 11.8 Å². The SMILES string of the molecule is Clc1cc2ncccc2c(N2CC3(CCN(c4ncccn4)C3)C2)n1. The van der Waals surface area contributed by atoms with Crippen LogP contribution in [0, 0.1) is 5.41 Å². The first-order chi connectivity index (χ1) is 12.2. The Balaban J connectivity index is 1.38. The average molecular weight is 353 g/mol. The summed E-state index contributed by atoms with van der Waals surface area (Å²) in [6, 6.07) is 7.68. The Labute approximate surface area is 150 Å². The minimum absolute atomic E-state index is 0.289. The maximum absolute atomic E-state index is 6.20. The molecule has 2 aliphatic heterocycles. The molecule has 6 nitrogen and oxygen atoms in total. The number of fused-ring (bicyclic) bond motifs is 1. The van der Waals surface area contributed by atoms with Gasteiger partial charge in [0.2, 0.25) is 5.95 Å². The highest BCUT2D eigenvalue weighted by atomic mass is 35.5. The van der Waals surface area contributed by atoms with Crippen LogP contribution < -0.4 is 9.80 Å². The van der Waals surface area contributed by atoms with Crippen molar-refractivity contribution in [3.63, 3.8) is 0 Å². The normalized spacial score (nSPS) is 18.8. The van der Waals surface area contributed by atoms with Crippen molar-refractivity contribution < 1.29 is 0 Å². The summed E-state index contributed by atoms with van der Waals surface area (Å²) in [5.74, 6) is 1.77. The molecule has 0 saturated carbocycles. The maximum atomic E-state index is 6.20. The minimum atomic E-state index is 0.289. The summed E-state index contributed by atoms with van der Waals surface area (Å²) >= 11 is 6.20. The topological polar surface area (TPSA) is 58.0 Å². The molecule has 2 fully saturated rings. The third kappa shape index (κ3) is 2.48. The maximum Gasteiger partial charge on any atom is 0.225 e. The molecule has 1 spiro atoms. The smallest absolute Gasteiger partial charge is 0.225 e. The third-order valence-electron chi connectivity index (χ3n) is 5.17. The van der Waals surface area contributed by atoms with Crippen LogP contribution in [0.3, 0.4) is 0 Å². The van der Waals surface area contributed by atoms with Crippen LogP contribution in [-0.4, -0.2) is 46.1 Å². The molecular weight excluding hydrogens is 336 g/mol. The summed E-state index contributed by atoms with van der Waals surface area (Å²) in [6.45, 7) is 3.95. The van der Waals surface area contributed by atoms with E-state index in [0.717, 1.165) is 55.3 Å². The Kier molecular flexibility index (Phi) is 3.28. The summed E-state index contributed by atoms with van der Waals surface area (Å²) in [6.07, 6.45) is 6.54. The Hall–Kier alpha value is -2.47. The monoisotopic (exact) mass is 352 g/mol. The summed E-state index contributed by atoms with van der Waals surface area (Å²) in [7, 11) is 0. The Morgan fingerprint density at radius 2 is 1.72 bits per heavy atom. The van der Waals surface area contributed by atoms with E-state index in [9.17, 15) is 0 Å². The minimum Gasteiger partial charge on any atom is -0.355 e. The number of hydrogen-bond acceptors (Lipinski definition) is 6. The molecule has 3 aromatic rings. The van der Waals surface area contributed by atoms with Crippen LogP contribution in [0.2, 0.25) is 5.15 Å². The Morgan fingerprint density at radius 1 is 0.960 bits per heavy atom. The molecule has 0 aromatic carbocycles. The van der Waals surface area contributed by atoms with Crippen molar-refractivity contribution in [2.75, 3.05) is 36.0 Å². The number of hydrogen-bond donors (Lipinski definition) is 0. The lowest BCUT2D eigenvalue weighted by Gasteiger charge is -2.49. The zero-order valence-electron chi connectivity index (χ0n) is 13.6. The predicted octanol–water partition coefficient (Wildman–Crippen LogP) is 2.79. The van der Waals surface area contributed by atoms with Crippen LogP contribution in [-0.2, 0) is 0 Å². The lowest BCUT2D eigenvalue weighted by Crippen LogP contribution is -2.58. The van der Waals surface area contributed by atoms with E-state index in [1.54, 1.807) is 18.6 Å². The van der Waals surface area contributed by atoms with Gasteiger partial charge in [-0.25, -0.2) is 15.0 Å². The zero-order valence-corrected chi connectivity index (χ0v) is 14.4. The van der Waals surface area contributed by atoms with E-state index in [2.05, 4.69) is 35.8 Å². The number of nitrogens with zero attached hydrogens (tertiary/aromatic N) is 6. The van der Waals surface area contributed by atoms with Gasteiger partial charge in [0.1, 0.15) is 11.0 Å². The largest absolute Gasteiger partial charge is 0.355 e. The van der Waals surface area contributed by atoms with Crippen molar-refractivity contribution in [1.29, 1.82) is 0 Å². The van der Waals surface area contributed by atoms with E-state index in [4.69, 9.17) is 11.6 Å². The number of anilines is 2. The first-order valence-electron chi connectivity index (χ1n) is 8.41. The number of halogens is 1. The molecule has 0 bridgehead atoms. The quantitative estimate of drug-likeness (QED) is 0.661. The second-order valence-corrected chi connectivity index (χ2v) is 7.30. The average Bonchev–Trinajstić information content (AvgIpc) is 3.06. The van der Waals surface area contributed by atoms with Gasteiger partial charge in [-0.3, -0.25) is 4.98 Å². The molecule has 126 valence electrons. The molecule has 2 saturated heterocycles. The summed E-state index contributed by atoms with van der Waals surface area (Å²) in [4.78, 5) is 22.3. The van der Waals surface area contributed by atoms with E-state index < -0.39 is 0 Å². The highest BCUT2D eigenvalue weighted by Gasteiger charge is 2.49. The van der Waals surface area contributed by atoms with Gasteiger partial charge in [-0.1, -0.05) is 11.6 Å². The van der Waals surface area contributed by atoms with Gasteiger partial charge < -0.3 is 9.80 Å². The molecule has 2 aliphatic rings. The fraction of sp³-hybridized carbons (Fsp3) is 0.333. The van der Waals surface area contributed by atoms with Crippen molar-refractivity contribution in [2.45, 2.75) is 6.42 Å². The molecule has 5 rings (SSSR count). The highest BCUT2D eigenvalue weighted by Crippen LogP contribution is 2.43. The molecular formula is C18H17ClN6. The Morgan fingerprint density at radius 3 is 2.56 bits per heavy atom. The second-order valence-electron chi connectivity index (χ2n) is 6.92. The van der Waals surface area contributed by atoms with Crippen molar-refractivity contribution in [1.82, 2.24) is 19.9 Å². The van der Waals surface area contributed by atoms with Crippen LogP contribution >= 0.6 is 11.6 Å². The van der Waals surface area contributed by atoms with Gasteiger partial charge in [-0.15, -0.1) is 0 Å². The lowest BCUT2D eigenvalue weighted by atomic mass is 9.79. The van der Waals surface area contributed by atoms with Gasteiger partial charge in [0.25, 0.3) is 0 Å². The lowest BCUT2D eigenvalue weighted by molar-refractivity contribution is 0.245. The highest BCUT2D eigenvalue weighted by molar-refractivity contribution is 6.30. The summed E-state index contributed by atoms with van der Waals surface area (Å²) in [5, 5.41) is 1.55. The molecule has 5 heterocycles. The fourth-order valence-electron chi connectivity index (χ4n) is 4.00. The van der Waals surface area contributed by atoms with Crippen molar-refractivity contribution in [2.24, 2.45) is 5.41 Å². The van der Waals surface area contributed by atoms with Crippen LogP contribution in [0.5, 0.6) is 0 Å². The molecule has 25 heavy (non-hydrogen) atoms. The molecule has 0 amide bonds. The van der Waals surface area contributed by atoms with Gasteiger partial charge in [-0.05, 0) is 24.6 Å². The van der Waals surface area contributed by atoms with Crippen LogP contribution in [0.25, 0.3) is 10.9 Å². The van der Waals surface area contributed by atoms with E-state index in [0.29, 0.717) is 5.15 Å². The van der Waals surface area contributed by atoms with E-state index >= 15 is 0 Å². The third-order valence-corrected chi connectivity index (χ3v) is 5.37. The second kappa shape index (κ2) is 5.52. The summed E-state index contributed by atoms with van der Waals surface area (Å²) in [5.41, 5.74) is 1.18. The molecule has 0 aliphatic carbocycles. The van der Waals surface area contributed by atoms with Gasteiger partial charge in [-0.2, -0.15) is 0 Å². The van der Waals surface area contributed by atoms with Crippen molar-refractivity contribution in [3.05, 3.63) is 48.0 Å². The first-order valence-corrected chi connectivity index (χ1v) is 8.79.